The fourth-order valence-corrected chi connectivity index (χ4v) is 4.86. The van der Waals surface area contributed by atoms with Crippen LogP contribution in [0.15, 0.2) is 12.7 Å². The summed E-state index contributed by atoms with van der Waals surface area (Å²) in [6, 6.07) is 0.394. The van der Waals surface area contributed by atoms with Crippen molar-refractivity contribution in [3.05, 3.63) is 12.7 Å². The molecule has 0 aromatic rings. The summed E-state index contributed by atoms with van der Waals surface area (Å²) in [7, 11) is -1.69. The Kier molecular flexibility index (Phi) is 3.39. The molecule has 0 radical (unpaired) electrons. The molecular formula is C13H25NOSi. The van der Waals surface area contributed by atoms with Crippen LogP contribution in [-0.4, -0.2) is 24.7 Å². The van der Waals surface area contributed by atoms with E-state index in [4.69, 9.17) is 0 Å². The van der Waals surface area contributed by atoms with Crippen LogP contribution in [0.1, 0.15) is 34.1 Å². The molecule has 92 valence electrons. The Labute approximate surface area is 101 Å². The highest BCUT2D eigenvalue weighted by Gasteiger charge is 2.54. The Morgan fingerprint density at radius 3 is 2.31 bits per heavy atom. The second-order valence-corrected chi connectivity index (χ2v) is 11.5. The lowest BCUT2D eigenvalue weighted by Gasteiger charge is -2.57. The number of carbonyl (C=O) groups is 1. The Balaban J connectivity index is 2.95. The molecule has 0 N–H and O–H groups in total. The van der Waals surface area contributed by atoms with E-state index in [1.165, 1.54) is 0 Å². The molecule has 2 unspecified atom stereocenters. The zero-order valence-corrected chi connectivity index (χ0v) is 12.5. The van der Waals surface area contributed by atoms with E-state index >= 15 is 0 Å². The van der Waals surface area contributed by atoms with E-state index in [9.17, 15) is 4.79 Å². The van der Waals surface area contributed by atoms with Gasteiger partial charge in [0.15, 0.2) is 8.24 Å². The standard InChI is InChI=1S/C13H25NOSi/c1-8-9-11-10(2)12(15)14(11)16(6,7)13(3,4)5/h8,10-11H,1,9H2,2-7H3. The summed E-state index contributed by atoms with van der Waals surface area (Å²) in [5, 5.41) is 0.224. The zero-order valence-electron chi connectivity index (χ0n) is 11.5. The van der Waals surface area contributed by atoms with Gasteiger partial charge in [0.1, 0.15) is 0 Å². The number of carbonyl (C=O) groups excluding carboxylic acids is 1. The number of β-lactam (4-membered cyclic amide) rings is 1. The predicted molar refractivity (Wildman–Crippen MR) is 71.8 cm³/mol. The minimum atomic E-state index is -1.69. The van der Waals surface area contributed by atoms with Crippen LogP contribution in [0.5, 0.6) is 0 Å². The second kappa shape index (κ2) is 4.02. The van der Waals surface area contributed by atoms with E-state index in [-0.39, 0.29) is 11.0 Å². The monoisotopic (exact) mass is 239 g/mol. The van der Waals surface area contributed by atoms with Gasteiger partial charge >= 0.3 is 0 Å². The van der Waals surface area contributed by atoms with E-state index in [2.05, 4.69) is 45.0 Å². The minimum Gasteiger partial charge on any atom is -0.365 e. The van der Waals surface area contributed by atoms with Crippen molar-refractivity contribution in [2.24, 2.45) is 5.92 Å². The summed E-state index contributed by atoms with van der Waals surface area (Å²) in [5.41, 5.74) is 0. The second-order valence-electron chi connectivity index (χ2n) is 6.40. The van der Waals surface area contributed by atoms with Crippen molar-refractivity contribution in [3.8, 4) is 0 Å². The van der Waals surface area contributed by atoms with Crippen LogP contribution in [-0.2, 0) is 4.79 Å². The molecule has 0 aromatic carbocycles. The number of rotatable bonds is 3. The number of nitrogens with zero attached hydrogens (tertiary/aromatic N) is 1. The highest BCUT2D eigenvalue weighted by atomic mass is 28.3. The van der Waals surface area contributed by atoms with Gasteiger partial charge in [-0.2, -0.15) is 0 Å². The first-order valence-corrected chi connectivity index (χ1v) is 9.03. The van der Waals surface area contributed by atoms with E-state index in [1.54, 1.807) is 0 Å². The van der Waals surface area contributed by atoms with Crippen molar-refractivity contribution in [3.63, 3.8) is 0 Å². The molecule has 16 heavy (non-hydrogen) atoms. The van der Waals surface area contributed by atoms with Gasteiger partial charge < -0.3 is 4.57 Å². The highest BCUT2D eigenvalue weighted by molar-refractivity contribution is 6.80. The summed E-state index contributed by atoms with van der Waals surface area (Å²) in [6.07, 6.45) is 2.87. The molecule has 1 saturated heterocycles. The van der Waals surface area contributed by atoms with Gasteiger partial charge in [-0.3, -0.25) is 4.79 Å². The quantitative estimate of drug-likeness (QED) is 0.420. The lowest BCUT2D eigenvalue weighted by molar-refractivity contribution is -0.146. The van der Waals surface area contributed by atoms with Crippen LogP contribution in [0.2, 0.25) is 18.1 Å². The third-order valence-corrected chi connectivity index (χ3v) is 9.81. The topological polar surface area (TPSA) is 20.3 Å². The lowest BCUT2D eigenvalue weighted by Crippen LogP contribution is -2.71. The number of hydrogen-bond donors (Lipinski definition) is 0. The largest absolute Gasteiger partial charge is 0.365 e. The van der Waals surface area contributed by atoms with Crippen LogP contribution >= 0.6 is 0 Å². The van der Waals surface area contributed by atoms with E-state index in [0.717, 1.165) is 6.42 Å². The van der Waals surface area contributed by atoms with Crippen molar-refractivity contribution in [1.29, 1.82) is 0 Å². The van der Waals surface area contributed by atoms with Crippen molar-refractivity contribution in [1.82, 2.24) is 4.57 Å². The molecule has 1 aliphatic rings. The van der Waals surface area contributed by atoms with Gasteiger partial charge in [-0.15, -0.1) is 6.58 Å². The zero-order chi connectivity index (χ0) is 12.7. The highest BCUT2D eigenvalue weighted by Crippen LogP contribution is 2.45. The molecule has 0 saturated carbocycles. The fourth-order valence-electron chi connectivity index (χ4n) is 2.22. The van der Waals surface area contributed by atoms with Crippen molar-refractivity contribution >= 4 is 14.1 Å². The average Bonchev–Trinajstić information content (AvgIpc) is 2.14. The molecule has 0 aromatic heterocycles. The smallest absolute Gasteiger partial charge is 0.219 e. The van der Waals surface area contributed by atoms with Gasteiger partial charge in [-0.05, 0) is 11.5 Å². The molecule has 2 atom stereocenters. The Morgan fingerprint density at radius 2 is 1.94 bits per heavy atom. The van der Waals surface area contributed by atoms with Crippen LogP contribution in [0, 0.1) is 5.92 Å². The summed E-state index contributed by atoms with van der Waals surface area (Å²) in [5.74, 6) is 0.533. The Bertz CT molecular complexity index is 304. The van der Waals surface area contributed by atoms with Gasteiger partial charge in [0, 0.05) is 6.04 Å². The maximum Gasteiger partial charge on any atom is 0.219 e. The van der Waals surface area contributed by atoms with Crippen molar-refractivity contribution in [2.45, 2.75) is 58.3 Å². The van der Waals surface area contributed by atoms with Gasteiger partial charge in [0.25, 0.3) is 0 Å². The first-order chi connectivity index (χ1) is 7.14. The summed E-state index contributed by atoms with van der Waals surface area (Å²) < 4.78 is 2.19. The molecule has 0 aliphatic carbocycles. The summed E-state index contributed by atoms with van der Waals surface area (Å²) >= 11 is 0. The van der Waals surface area contributed by atoms with Crippen LogP contribution in [0.3, 0.4) is 0 Å². The predicted octanol–water partition coefficient (Wildman–Crippen LogP) is 3.41. The van der Waals surface area contributed by atoms with E-state index in [1.807, 2.05) is 13.0 Å². The summed E-state index contributed by atoms with van der Waals surface area (Å²) in [6.45, 7) is 17.2. The lowest BCUT2D eigenvalue weighted by atomic mass is 9.90. The molecule has 1 fully saturated rings. The molecule has 1 amide bonds. The maximum atomic E-state index is 12.1. The molecule has 1 rings (SSSR count). The Hall–Kier alpha value is -0.573. The van der Waals surface area contributed by atoms with Crippen LogP contribution in [0.4, 0.5) is 0 Å². The fraction of sp³-hybridized carbons (Fsp3) is 0.769. The third kappa shape index (κ3) is 1.86. The van der Waals surface area contributed by atoms with Crippen LogP contribution in [0.25, 0.3) is 0 Å². The Morgan fingerprint density at radius 1 is 1.44 bits per heavy atom. The van der Waals surface area contributed by atoms with Gasteiger partial charge in [0.05, 0.1) is 5.92 Å². The van der Waals surface area contributed by atoms with Crippen LogP contribution < -0.4 is 0 Å². The number of hydrogen-bond acceptors (Lipinski definition) is 1. The minimum absolute atomic E-state index is 0.187. The SMILES string of the molecule is C=CCC1C(C)C(=O)N1[Si](C)(C)C(C)(C)C. The molecular weight excluding hydrogens is 214 g/mol. The van der Waals surface area contributed by atoms with Crippen molar-refractivity contribution in [2.75, 3.05) is 0 Å². The number of amides is 1. The third-order valence-electron chi connectivity index (χ3n) is 4.38. The first kappa shape index (κ1) is 13.5. The van der Waals surface area contributed by atoms with E-state index in [0.29, 0.717) is 11.9 Å². The maximum absolute atomic E-state index is 12.1. The molecule has 1 heterocycles. The normalized spacial score (nSPS) is 26.6. The van der Waals surface area contributed by atoms with Gasteiger partial charge in [-0.1, -0.05) is 46.9 Å². The first-order valence-electron chi connectivity index (χ1n) is 6.08. The average molecular weight is 239 g/mol. The summed E-state index contributed by atoms with van der Waals surface area (Å²) in [4.78, 5) is 12.1. The van der Waals surface area contributed by atoms with Gasteiger partial charge in [-0.25, -0.2) is 0 Å². The molecule has 1 aliphatic heterocycles. The van der Waals surface area contributed by atoms with E-state index < -0.39 is 8.24 Å². The van der Waals surface area contributed by atoms with Crippen molar-refractivity contribution < 1.29 is 4.79 Å². The molecule has 0 bridgehead atoms. The molecule has 3 heteroatoms. The van der Waals surface area contributed by atoms with Gasteiger partial charge in [0.2, 0.25) is 5.91 Å². The molecule has 0 spiro atoms. The molecule has 2 nitrogen and oxygen atoms in total.